The number of rotatable bonds is 10. The molecule has 0 aromatic carbocycles. The third-order valence-corrected chi connectivity index (χ3v) is 7.19. The van der Waals surface area contributed by atoms with Gasteiger partial charge in [0.1, 0.15) is 29.9 Å². The number of ether oxygens (including phenoxy) is 1. The molecule has 0 radical (unpaired) electrons. The zero-order chi connectivity index (χ0) is 23.1. The fraction of sp³-hybridized carbons (Fsp3) is 0.952. The first-order chi connectivity index (χ1) is 14.6. The van der Waals surface area contributed by atoms with Gasteiger partial charge in [0.2, 0.25) is 12.3 Å². The highest BCUT2D eigenvalue weighted by Crippen LogP contribution is 2.31. The third kappa shape index (κ3) is 7.50. The summed E-state index contributed by atoms with van der Waals surface area (Å²) in [5.41, 5.74) is -0.702. The van der Waals surface area contributed by atoms with Crippen LogP contribution in [0.25, 0.3) is 0 Å². The number of piperidine rings is 1. The summed E-state index contributed by atoms with van der Waals surface area (Å²) in [5.74, 6) is 0.0249. The van der Waals surface area contributed by atoms with Crippen LogP contribution in [0.3, 0.4) is 0 Å². The van der Waals surface area contributed by atoms with E-state index in [4.69, 9.17) is 4.74 Å². The maximum atomic E-state index is 13.0. The van der Waals surface area contributed by atoms with Crippen molar-refractivity contribution in [1.29, 1.82) is 0 Å². The average Bonchev–Trinajstić information content (AvgIpc) is 2.74. The fourth-order valence-electron chi connectivity index (χ4n) is 4.45. The molecule has 1 amide bonds. The minimum atomic E-state index is -2.26. The summed E-state index contributed by atoms with van der Waals surface area (Å²) in [6, 6.07) is -0.949. The second-order valence-electron chi connectivity index (χ2n) is 9.03. The zero-order valence-corrected chi connectivity index (χ0v) is 19.4. The summed E-state index contributed by atoms with van der Waals surface area (Å²) in [6.45, 7) is 4.48. The van der Waals surface area contributed by atoms with Gasteiger partial charge in [0.15, 0.2) is 0 Å². The highest BCUT2D eigenvalue weighted by Gasteiger charge is 2.47. The van der Waals surface area contributed by atoms with E-state index in [1.54, 1.807) is 6.26 Å². The van der Waals surface area contributed by atoms with E-state index in [0.29, 0.717) is 25.3 Å². The quantitative estimate of drug-likeness (QED) is 0.309. The Balaban J connectivity index is 1.95. The molecule has 0 aromatic rings. The summed E-state index contributed by atoms with van der Waals surface area (Å²) in [6.07, 6.45) is -1.75. The van der Waals surface area contributed by atoms with Crippen LogP contribution in [-0.2, 0) is 9.53 Å². The van der Waals surface area contributed by atoms with Crippen molar-refractivity contribution in [2.75, 3.05) is 12.8 Å². The standard InChI is InChI=1S/C21H38F2N2O5S/c1-11(2)15(19-17(27)16(26)18(28)21(30-19)31-3)25-20(29)13-10-12(8-9-24-13)6-4-5-7-14(22)23/h11-19,21,24,26-28H,4-10H2,1-3H3,(H,25,29). The summed E-state index contributed by atoms with van der Waals surface area (Å²) in [4.78, 5) is 13.0. The maximum Gasteiger partial charge on any atom is 0.238 e. The van der Waals surface area contributed by atoms with Crippen LogP contribution < -0.4 is 10.6 Å². The number of alkyl halides is 2. The number of thioether (sulfide) groups is 1. The van der Waals surface area contributed by atoms with Gasteiger partial charge in [0.25, 0.3) is 0 Å². The topological polar surface area (TPSA) is 111 Å². The fourth-order valence-corrected chi connectivity index (χ4v) is 5.13. The Bertz CT molecular complexity index is 558. The van der Waals surface area contributed by atoms with Gasteiger partial charge in [0.05, 0.1) is 12.1 Å². The normalized spacial score (nSPS) is 35.4. The number of amides is 1. The molecule has 7 nitrogen and oxygen atoms in total. The first-order valence-corrected chi connectivity index (χ1v) is 12.5. The molecule has 10 heteroatoms. The van der Waals surface area contributed by atoms with E-state index in [1.165, 1.54) is 11.8 Å². The SMILES string of the molecule is CSC1OC(C(NC(=O)C2CC(CCCCC(F)F)CCN2)C(C)C)C(O)C(O)C1O. The minimum Gasteiger partial charge on any atom is -0.388 e. The molecule has 5 N–H and O–H groups in total. The molecule has 0 bridgehead atoms. The summed E-state index contributed by atoms with van der Waals surface area (Å²) in [7, 11) is 0. The molecule has 0 aromatic heterocycles. The van der Waals surface area contributed by atoms with Gasteiger partial charge >= 0.3 is 0 Å². The van der Waals surface area contributed by atoms with E-state index in [-0.39, 0.29) is 18.2 Å². The van der Waals surface area contributed by atoms with E-state index in [2.05, 4.69) is 10.6 Å². The first kappa shape index (κ1) is 26.7. The van der Waals surface area contributed by atoms with Crippen LogP contribution in [0.15, 0.2) is 0 Å². The van der Waals surface area contributed by atoms with Crippen LogP contribution in [0, 0.1) is 11.8 Å². The number of aliphatic hydroxyl groups is 3. The maximum absolute atomic E-state index is 13.0. The number of carbonyl (C=O) groups is 1. The monoisotopic (exact) mass is 468 g/mol. The largest absolute Gasteiger partial charge is 0.388 e. The van der Waals surface area contributed by atoms with Crippen molar-refractivity contribution in [3.8, 4) is 0 Å². The highest BCUT2D eigenvalue weighted by atomic mass is 32.2. The number of aliphatic hydroxyl groups excluding tert-OH is 3. The Kier molecular flexibility index (Phi) is 10.9. The summed E-state index contributed by atoms with van der Waals surface area (Å²) >= 11 is 1.24. The number of carbonyl (C=O) groups excluding carboxylic acids is 1. The highest BCUT2D eigenvalue weighted by molar-refractivity contribution is 7.99. The van der Waals surface area contributed by atoms with Crippen LogP contribution >= 0.6 is 11.8 Å². The molecule has 8 atom stereocenters. The van der Waals surface area contributed by atoms with E-state index >= 15 is 0 Å². The Morgan fingerprint density at radius 1 is 1.19 bits per heavy atom. The van der Waals surface area contributed by atoms with Crippen molar-refractivity contribution in [2.45, 2.75) is 101 Å². The van der Waals surface area contributed by atoms with E-state index in [0.717, 1.165) is 19.3 Å². The van der Waals surface area contributed by atoms with Gasteiger partial charge in [-0.25, -0.2) is 8.78 Å². The molecule has 2 heterocycles. The van der Waals surface area contributed by atoms with Crippen molar-refractivity contribution in [1.82, 2.24) is 10.6 Å². The molecule has 0 spiro atoms. The van der Waals surface area contributed by atoms with Crippen molar-refractivity contribution in [3.63, 3.8) is 0 Å². The molecular weight excluding hydrogens is 430 g/mol. The van der Waals surface area contributed by atoms with Gasteiger partial charge < -0.3 is 30.7 Å². The van der Waals surface area contributed by atoms with E-state index in [1.807, 2.05) is 13.8 Å². The van der Waals surface area contributed by atoms with Crippen LogP contribution in [-0.4, -0.2) is 82.4 Å². The Morgan fingerprint density at radius 3 is 2.52 bits per heavy atom. The molecule has 31 heavy (non-hydrogen) atoms. The van der Waals surface area contributed by atoms with E-state index in [9.17, 15) is 28.9 Å². The molecule has 2 rings (SSSR count). The lowest BCUT2D eigenvalue weighted by Gasteiger charge is -2.44. The lowest BCUT2D eigenvalue weighted by molar-refractivity contribution is -0.208. The van der Waals surface area contributed by atoms with E-state index < -0.39 is 48.4 Å². The van der Waals surface area contributed by atoms with Crippen LogP contribution in [0.2, 0.25) is 0 Å². The minimum absolute atomic E-state index is 0.0771. The van der Waals surface area contributed by atoms with Gasteiger partial charge in [-0.1, -0.05) is 26.7 Å². The molecular formula is C21H38F2N2O5S. The number of nitrogens with one attached hydrogen (secondary N) is 2. The smallest absolute Gasteiger partial charge is 0.238 e. The van der Waals surface area contributed by atoms with Gasteiger partial charge in [-0.3, -0.25) is 4.79 Å². The lowest BCUT2D eigenvalue weighted by atomic mass is 9.86. The van der Waals surface area contributed by atoms with Crippen molar-refractivity contribution >= 4 is 17.7 Å². The molecule has 8 unspecified atom stereocenters. The lowest BCUT2D eigenvalue weighted by Crippen LogP contribution is -2.65. The van der Waals surface area contributed by atoms with Crippen molar-refractivity contribution in [3.05, 3.63) is 0 Å². The van der Waals surface area contributed by atoms with Crippen molar-refractivity contribution in [2.24, 2.45) is 11.8 Å². The number of halogens is 2. The summed E-state index contributed by atoms with van der Waals surface area (Å²) in [5, 5.41) is 37.0. The van der Waals surface area contributed by atoms with Gasteiger partial charge in [-0.2, -0.15) is 0 Å². The molecule has 2 saturated heterocycles. The number of hydrogen-bond acceptors (Lipinski definition) is 7. The van der Waals surface area contributed by atoms with Crippen LogP contribution in [0.4, 0.5) is 8.78 Å². The predicted molar refractivity (Wildman–Crippen MR) is 116 cm³/mol. The molecule has 0 aliphatic carbocycles. The Labute approximate surface area is 187 Å². The molecule has 2 aliphatic rings. The third-order valence-electron chi connectivity index (χ3n) is 6.33. The summed E-state index contributed by atoms with van der Waals surface area (Å²) < 4.78 is 30.5. The van der Waals surface area contributed by atoms with Crippen LogP contribution in [0.5, 0.6) is 0 Å². The molecule has 2 aliphatic heterocycles. The van der Waals surface area contributed by atoms with Crippen LogP contribution in [0.1, 0.15) is 52.4 Å². The zero-order valence-electron chi connectivity index (χ0n) is 18.5. The average molecular weight is 469 g/mol. The van der Waals surface area contributed by atoms with Gasteiger partial charge in [-0.15, -0.1) is 11.8 Å². The molecule has 2 fully saturated rings. The Morgan fingerprint density at radius 2 is 1.90 bits per heavy atom. The molecule has 0 saturated carbocycles. The molecule has 182 valence electrons. The van der Waals surface area contributed by atoms with Crippen molar-refractivity contribution < 1.29 is 33.6 Å². The second-order valence-corrected chi connectivity index (χ2v) is 9.96. The van der Waals surface area contributed by atoms with Gasteiger partial charge in [0, 0.05) is 6.42 Å². The first-order valence-electron chi connectivity index (χ1n) is 11.2. The second kappa shape index (κ2) is 12.6. The number of hydrogen-bond donors (Lipinski definition) is 5. The predicted octanol–water partition coefficient (Wildman–Crippen LogP) is 1.49. The number of unbranched alkanes of at least 4 members (excludes halogenated alkanes) is 1. The Hall–Kier alpha value is -0.520. The van der Waals surface area contributed by atoms with Gasteiger partial charge in [-0.05, 0) is 43.9 Å².